The van der Waals surface area contributed by atoms with Crippen LogP contribution in [0.2, 0.25) is 0 Å². The quantitative estimate of drug-likeness (QED) is 0.676. The number of hydrogen-bond acceptors (Lipinski definition) is 4. The van der Waals surface area contributed by atoms with E-state index in [-0.39, 0.29) is 11.7 Å². The molecule has 0 saturated heterocycles. The highest BCUT2D eigenvalue weighted by molar-refractivity contribution is 6.12. The molecule has 5 nitrogen and oxygen atoms in total. The fraction of sp³-hybridized carbons (Fsp3) is 0. The molecule has 3 aromatic rings. The van der Waals surface area contributed by atoms with Crippen molar-refractivity contribution in [1.82, 2.24) is 15.2 Å². The number of fused-ring (bicyclic) bond motifs is 3. The van der Waals surface area contributed by atoms with Crippen molar-refractivity contribution in [3.05, 3.63) is 59.7 Å². The lowest BCUT2D eigenvalue weighted by Crippen LogP contribution is -2.17. The fourth-order valence-corrected chi connectivity index (χ4v) is 2.39. The molecule has 0 bridgehead atoms. The molecule has 3 heterocycles. The molecule has 0 spiro atoms. The van der Waals surface area contributed by atoms with Crippen LogP contribution in [0.1, 0.15) is 5.56 Å². The molecule has 0 aliphatic carbocycles. The minimum Gasteiger partial charge on any atom is -0.336 e. The number of aromatic amines is 1. The van der Waals surface area contributed by atoms with E-state index < -0.39 is 23.0 Å². The van der Waals surface area contributed by atoms with Gasteiger partial charge in [0, 0.05) is 11.8 Å². The number of nitrogens with zero attached hydrogens (tertiary/aromatic N) is 3. The van der Waals surface area contributed by atoms with Crippen molar-refractivity contribution in [3.63, 3.8) is 0 Å². The highest BCUT2D eigenvalue weighted by atomic mass is 19.2. The molecule has 1 aliphatic heterocycles. The van der Waals surface area contributed by atoms with Crippen LogP contribution in [0.15, 0.2) is 41.7 Å². The van der Waals surface area contributed by atoms with Gasteiger partial charge >= 0.3 is 0 Å². The van der Waals surface area contributed by atoms with E-state index in [9.17, 15) is 13.2 Å². The number of halogens is 3. The molecule has 0 fully saturated rings. The van der Waals surface area contributed by atoms with E-state index in [0.717, 1.165) is 12.1 Å². The van der Waals surface area contributed by atoms with Gasteiger partial charge in [0.2, 0.25) is 0 Å². The van der Waals surface area contributed by atoms with Crippen LogP contribution in [0, 0.1) is 17.5 Å². The lowest BCUT2D eigenvalue weighted by atomic mass is 10.1. The van der Waals surface area contributed by atoms with Crippen molar-refractivity contribution in [1.29, 1.82) is 0 Å². The number of anilines is 1. The predicted octanol–water partition coefficient (Wildman–Crippen LogP) is 3.39. The normalized spacial score (nSPS) is 12.7. The molecule has 2 aromatic heterocycles. The van der Waals surface area contributed by atoms with Gasteiger partial charge in [-0.25, -0.2) is 23.1 Å². The SMILES string of the molecule is Fc1ccc(F)c(C2=Nc3ncccc3-c3[nH]ncc3N2)c1F. The fourth-order valence-electron chi connectivity index (χ4n) is 2.39. The molecule has 114 valence electrons. The summed E-state index contributed by atoms with van der Waals surface area (Å²) in [7, 11) is 0. The Morgan fingerprint density at radius 1 is 1.00 bits per heavy atom. The maximum absolute atomic E-state index is 14.1. The summed E-state index contributed by atoms with van der Waals surface area (Å²) in [5.41, 5.74) is 1.05. The van der Waals surface area contributed by atoms with E-state index in [0.29, 0.717) is 16.9 Å². The minimum absolute atomic E-state index is 0.181. The molecule has 8 heteroatoms. The molecule has 23 heavy (non-hydrogen) atoms. The molecular weight excluding hydrogens is 307 g/mol. The van der Waals surface area contributed by atoms with Gasteiger partial charge in [-0.15, -0.1) is 0 Å². The first-order valence-corrected chi connectivity index (χ1v) is 6.63. The number of hydrogen-bond donors (Lipinski definition) is 2. The average molecular weight is 315 g/mol. The van der Waals surface area contributed by atoms with Gasteiger partial charge in [0.25, 0.3) is 0 Å². The molecule has 1 aromatic carbocycles. The Morgan fingerprint density at radius 2 is 1.83 bits per heavy atom. The van der Waals surface area contributed by atoms with Crippen molar-refractivity contribution >= 4 is 17.3 Å². The van der Waals surface area contributed by atoms with Crippen molar-refractivity contribution in [2.75, 3.05) is 5.32 Å². The van der Waals surface area contributed by atoms with Gasteiger partial charge in [-0.3, -0.25) is 5.10 Å². The number of rotatable bonds is 1. The van der Waals surface area contributed by atoms with Crippen molar-refractivity contribution < 1.29 is 13.2 Å². The summed E-state index contributed by atoms with van der Waals surface area (Å²) in [5, 5.41) is 9.46. The molecule has 4 rings (SSSR count). The Hall–Kier alpha value is -3.16. The van der Waals surface area contributed by atoms with Crippen molar-refractivity contribution in [2.24, 2.45) is 4.99 Å². The summed E-state index contributed by atoms with van der Waals surface area (Å²) in [6.45, 7) is 0. The third-order valence-corrected chi connectivity index (χ3v) is 3.45. The van der Waals surface area contributed by atoms with Crippen LogP contribution in [-0.4, -0.2) is 21.0 Å². The van der Waals surface area contributed by atoms with Gasteiger partial charge in [0.1, 0.15) is 11.7 Å². The molecule has 0 atom stereocenters. The van der Waals surface area contributed by atoms with Crippen LogP contribution >= 0.6 is 0 Å². The van der Waals surface area contributed by atoms with Crippen LogP contribution in [0.25, 0.3) is 11.3 Å². The van der Waals surface area contributed by atoms with Crippen LogP contribution in [-0.2, 0) is 0 Å². The minimum atomic E-state index is -1.32. The lowest BCUT2D eigenvalue weighted by molar-refractivity contribution is 0.492. The number of amidine groups is 1. The lowest BCUT2D eigenvalue weighted by Gasteiger charge is -2.09. The molecule has 1 aliphatic rings. The van der Waals surface area contributed by atoms with E-state index in [2.05, 4.69) is 25.5 Å². The van der Waals surface area contributed by atoms with Gasteiger partial charge in [0.05, 0.1) is 23.1 Å². The maximum Gasteiger partial charge on any atom is 0.172 e. The molecule has 0 radical (unpaired) electrons. The number of aliphatic imine (C=N–C) groups is 1. The Labute approximate surface area is 127 Å². The average Bonchev–Trinajstić information content (AvgIpc) is 2.94. The summed E-state index contributed by atoms with van der Waals surface area (Å²) < 4.78 is 41.6. The number of pyridine rings is 1. The predicted molar refractivity (Wildman–Crippen MR) is 78.0 cm³/mol. The molecule has 2 N–H and O–H groups in total. The highest BCUT2D eigenvalue weighted by Gasteiger charge is 2.24. The number of benzene rings is 1. The second-order valence-corrected chi connectivity index (χ2v) is 4.84. The zero-order valence-corrected chi connectivity index (χ0v) is 11.4. The van der Waals surface area contributed by atoms with Gasteiger partial charge in [-0.2, -0.15) is 5.10 Å². The first-order valence-electron chi connectivity index (χ1n) is 6.63. The zero-order valence-electron chi connectivity index (χ0n) is 11.4. The summed E-state index contributed by atoms with van der Waals surface area (Å²) in [6.07, 6.45) is 2.95. The van der Waals surface area contributed by atoms with Crippen LogP contribution in [0.4, 0.5) is 24.7 Å². The van der Waals surface area contributed by atoms with E-state index in [1.807, 2.05) is 0 Å². The third-order valence-electron chi connectivity index (χ3n) is 3.45. The van der Waals surface area contributed by atoms with Crippen LogP contribution < -0.4 is 5.32 Å². The van der Waals surface area contributed by atoms with Gasteiger partial charge < -0.3 is 5.32 Å². The first kappa shape index (κ1) is 13.5. The van der Waals surface area contributed by atoms with Gasteiger partial charge in [0.15, 0.2) is 17.5 Å². The molecule has 0 unspecified atom stereocenters. The zero-order chi connectivity index (χ0) is 16.0. The monoisotopic (exact) mass is 315 g/mol. The van der Waals surface area contributed by atoms with Gasteiger partial charge in [-0.05, 0) is 24.3 Å². The Bertz CT molecular complexity index is 948. The van der Waals surface area contributed by atoms with Crippen LogP contribution in [0.5, 0.6) is 0 Å². The Balaban J connectivity index is 1.99. The van der Waals surface area contributed by atoms with E-state index in [4.69, 9.17) is 0 Å². The second kappa shape index (κ2) is 4.94. The standard InChI is InChI=1S/C15H8F3N5/c16-8-3-4-9(17)12(18)11(8)15-21-10-6-20-23-13(10)7-2-1-5-19-14(7)22-15/h1-6H,(H,20,23)(H,19,21,22). The smallest absolute Gasteiger partial charge is 0.172 e. The second-order valence-electron chi connectivity index (χ2n) is 4.84. The maximum atomic E-state index is 14.1. The largest absolute Gasteiger partial charge is 0.336 e. The number of nitrogens with one attached hydrogen (secondary N) is 2. The van der Waals surface area contributed by atoms with Gasteiger partial charge in [-0.1, -0.05) is 0 Å². The summed E-state index contributed by atoms with van der Waals surface area (Å²) in [6, 6.07) is 5.01. The Kier molecular flexibility index (Phi) is 2.90. The summed E-state index contributed by atoms with van der Waals surface area (Å²) in [5.74, 6) is -3.36. The number of aromatic nitrogens is 3. The van der Waals surface area contributed by atoms with Crippen molar-refractivity contribution in [3.8, 4) is 11.3 Å². The highest BCUT2D eigenvalue weighted by Crippen LogP contribution is 2.35. The first-order chi connectivity index (χ1) is 11.1. The van der Waals surface area contributed by atoms with E-state index in [1.165, 1.54) is 12.4 Å². The Morgan fingerprint density at radius 3 is 2.70 bits per heavy atom. The third kappa shape index (κ3) is 2.07. The summed E-state index contributed by atoms with van der Waals surface area (Å²) >= 11 is 0. The topological polar surface area (TPSA) is 66.0 Å². The molecular formula is C15H8F3N5. The summed E-state index contributed by atoms with van der Waals surface area (Å²) in [4.78, 5) is 8.26. The van der Waals surface area contributed by atoms with E-state index >= 15 is 0 Å². The van der Waals surface area contributed by atoms with Crippen LogP contribution in [0.3, 0.4) is 0 Å². The number of H-pyrrole nitrogens is 1. The van der Waals surface area contributed by atoms with E-state index in [1.54, 1.807) is 12.1 Å². The molecule has 0 saturated carbocycles. The van der Waals surface area contributed by atoms with Crippen molar-refractivity contribution in [2.45, 2.75) is 0 Å². The molecule has 0 amide bonds.